The molecule has 2 aliphatic heterocycles. The van der Waals surface area contributed by atoms with E-state index in [4.69, 9.17) is 24.4 Å². The lowest BCUT2D eigenvalue weighted by atomic mass is 9.98. The fourth-order valence-electron chi connectivity index (χ4n) is 2.49. The molecule has 1 unspecified atom stereocenters. The van der Waals surface area contributed by atoms with Crippen LogP contribution in [0.5, 0.6) is 0 Å². The van der Waals surface area contributed by atoms with E-state index in [2.05, 4.69) is 0 Å². The zero-order chi connectivity index (χ0) is 17.3. The van der Waals surface area contributed by atoms with Crippen LogP contribution in [0, 0.1) is 0 Å². The number of aliphatic hydroxyl groups excluding tert-OH is 8. The second-order valence-corrected chi connectivity index (χ2v) is 5.53. The van der Waals surface area contributed by atoms with E-state index in [-0.39, 0.29) is 0 Å². The molecule has 2 saturated heterocycles. The molecule has 8 N–H and O–H groups in total. The minimum absolute atomic E-state index is 0.667. The maximum absolute atomic E-state index is 9.84. The third-order valence-corrected chi connectivity index (χ3v) is 3.97. The summed E-state index contributed by atoms with van der Waals surface area (Å²) >= 11 is 0. The third-order valence-electron chi connectivity index (χ3n) is 3.97. The Balaban J connectivity index is 2.07. The van der Waals surface area contributed by atoms with Crippen molar-refractivity contribution in [3.63, 3.8) is 0 Å². The first-order valence-corrected chi connectivity index (χ1v) is 7.08. The Morgan fingerprint density at radius 2 is 0.913 bits per heavy atom. The van der Waals surface area contributed by atoms with Crippen LogP contribution in [-0.4, -0.2) is 115 Å². The Bertz CT molecular complexity index is 344. The lowest BCUT2D eigenvalue weighted by Crippen LogP contribution is -2.63. The van der Waals surface area contributed by atoms with E-state index in [1.807, 2.05) is 0 Å². The largest absolute Gasteiger partial charge is 0.394 e. The monoisotopic (exact) mass is 342 g/mol. The van der Waals surface area contributed by atoms with Crippen molar-refractivity contribution in [1.82, 2.24) is 0 Å². The number of aliphatic hydroxyl groups is 8. The van der Waals surface area contributed by atoms with Gasteiger partial charge in [-0.1, -0.05) is 0 Å². The molecule has 0 spiro atoms. The van der Waals surface area contributed by atoms with Crippen LogP contribution in [0.2, 0.25) is 0 Å². The van der Waals surface area contributed by atoms with Gasteiger partial charge in [0.25, 0.3) is 0 Å². The Morgan fingerprint density at radius 3 is 1.22 bits per heavy atom. The molecular weight excluding hydrogens is 320 g/mol. The van der Waals surface area contributed by atoms with Crippen LogP contribution in [0.1, 0.15) is 0 Å². The van der Waals surface area contributed by atoms with Gasteiger partial charge >= 0.3 is 0 Å². The Morgan fingerprint density at radius 1 is 0.565 bits per heavy atom. The number of hydrogen-bond acceptors (Lipinski definition) is 11. The van der Waals surface area contributed by atoms with Gasteiger partial charge in [-0.3, -0.25) is 0 Å². The summed E-state index contributed by atoms with van der Waals surface area (Å²) in [7, 11) is 0. The molecule has 11 heteroatoms. The van der Waals surface area contributed by atoms with Gasteiger partial charge in [0.05, 0.1) is 13.2 Å². The molecule has 0 amide bonds. The van der Waals surface area contributed by atoms with E-state index in [1.165, 1.54) is 0 Å². The Kier molecular flexibility index (Phi) is 6.27. The predicted octanol–water partition coefficient (Wildman–Crippen LogP) is -5.40. The van der Waals surface area contributed by atoms with Gasteiger partial charge in [0.2, 0.25) is 0 Å². The van der Waals surface area contributed by atoms with Crippen LogP contribution >= 0.6 is 0 Å². The SMILES string of the molecule is OC[C@H]1O[C@H](OC2O[C@H](CO)[C@H](O)[C@H](O)[C@H]2O)[C@H](O)[C@@H](O)[C@H]1O. The molecule has 136 valence electrons. The first kappa shape index (κ1) is 18.9. The molecule has 0 aromatic heterocycles. The van der Waals surface area contributed by atoms with Crippen LogP contribution < -0.4 is 0 Å². The van der Waals surface area contributed by atoms with Crippen molar-refractivity contribution >= 4 is 0 Å². The molecule has 0 saturated carbocycles. The molecule has 23 heavy (non-hydrogen) atoms. The second-order valence-electron chi connectivity index (χ2n) is 5.53. The first-order chi connectivity index (χ1) is 10.8. The smallest absolute Gasteiger partial charge is 0.189 e. The van der Waals surface area contributed by atoms with Crippen molar-refractivity contribution in [2.45, 2.75) is 61.4 Å². The molecule has 0 bridgehead atoms. The van der Waals surface area contributed by atoms with Crippen LogP contribution in [0.4, 0.5) is 0 Å². The van der Waals surface area contributed by atoms with E-state index in [0.29, 0.717) is 0 Å². The lowest BCUT2D eigenvalue weighted by Gasteiger charge is -2.44. The molecule has 2 aliphatic rings. The molecule has 2 fully saturated rings. The summed E-state index contributed by atoms with van der Waals surface area (Å²) in [6, 6.07) is 0. The highest BCUT2D eigenvalue weighted by atomic mass is 16.8. The maximum Gasteiger partial charge on any atom is 0.189 e. The number of hydrogen-bond donors (Lipinski definition) is 8. The van der Waals surface area contributed by atoms with Crippen molar-refractivity contribution < 1.29 is 55.1 Å². The van der Waals surface area contributed by atoms with E-state index < -0.39 is 74.6 Å². The fourth-order valence-corrected chi connectivity index (χ4v) is 2.49. The summed E-state index contributed by atoms with van der Waals surface area (Å²) < 4.78 is 15.3. The van der Waals surface area contributed by atoms with Gasteiger partial charge in [0.1, 0.15) is 48.8 Å². The summed E-state index contributed by atoms with van der Waals surface area (Å²) in [6.07, 6.45) is -15.6. The van der Waals surface area contributed by atoms with Gasteiger partial charge in [-0.05, 0) is 0 Å². The highest BCUT2D eigenvalue weighted by molar-refractivity contribution is 4.92. The fraction of sp³-hybridized carbons (Fsp3) is 1.00. The summed E-state index contributed by atoms with van der Waals surface area (Å²) in [5.74, 6) is 0. The summed E-state index contributed by atoms with van der Waals surface area (Å²) in [4.78, 5) is 0. The highest BCUT2D eigenvalue weighted by Gasteiger charge is 2.49. The third kappa shape index (κ3) is 3.65. The zero-order valence-corrected chi connectivity index (χ0v) is 12.0. The van der Waals surface area contributed by atoms with Gasteiger partial charge in [-0.25, -0.2) is 0 Å². The average Bonchev–Trinajstić information content (AvgIpc) is 2.55. The lowest BCUT2D eigenvalue weighted by molar-refractivity contribution is -0.376. The van der Waals surface area contributed by atoms with Crippen molar-refractivity contribution in [2.75, 3.05) is 13.2 Å². The molecule has 0 aromatic rings. The van der Waals surface area contributed by atoms with Gasteiger partial charge in [0.15, 0.2) is 12.6 Å². The van der Waals surface area contributed by atoms with Crippen molar-refractivity contribution in [3.05, 3.63) is 0 Å². The van der Waals surface area contributed by atoms with E-state index >= 15 is 0 Å². The first-order valence-electron chi connectivity index (χ1n) is 7.08. The van der Waals surface area contributed by atoms with Crippen molar-refractivity contribution in [2.24, 2.45) is 0 Å². The Hall–Kier alpha value is -0.440. The minimum atomic E-state index is -1.72. The van der Waals surface area contributed by atoms with Gasteiger partial charge in [0, 0.05) is 0 Å². The second kappa shape index (κ2) is 7.63. The van der Waals surface area contributed by atoms with E-state index in [1.54, 1.807) is 0 Å². The van der Waals surface area contributed by atoms with Crippen LogP contribution in [0.3, 0.4) is 0 Å². The van der Waals surface area contributed by atoms with Gasteiger partial charge < -0.3 is 55.1 Å². The summed E-state index contributed by atoms with van der Waals surface area (Å²) in [5, 5.41) is 76.4. The van der Waals surface area contributed by atoms with Crippen molar-refractivity contribution in [1.29, 1.82) is 0 Å². The predicted molar refractivity (Wildman–Crippen MR) is 68.6 cm³/mol. The van der Waals surface area contributed by atoms with Crippen LogP contribution in [0.25, 0.3) is 0 Å². The number of ether oxygens (including phenoxy) is 3. The van der Waals surface area contributed by atoms with Crippen molar-refractivity contribution in [3.8, 4) is 0 Å². The molecule has 0 radical (unpaired) electrons. The Labute approximate surface area is 130 Å². The summed E-state index contributed by atoms with van der Waals surface area (Å²) in [6.45, 7) is -1.33. The topological polar surface area (TPSA) is 190 Å². The minimum Gasteiger partial charge on any atom is -0.394 e. The molecular formula is C12H22O11. The average molecular weight is 342 g/mol. The van der Waals surface area contributed by atoms with E-state index in [9.17, 15) is 30.6 Å². The number of rotatable bonds is 4. The molecule has 0 aromatic carbocycles. The molecule has 10 atom stereocenters. The molecule has 2 heterocycles. The quantitative estimate of drug-likeness (QED) is 0.243. The molecule has 2 rings (SSSR count). The normalized spacial score (nSPS) is 51.7. The standard InChI is InChI=1S/C12H22O11/c13-1-3-5(15)7(17)9(19)11(21-3)23-12-10(20)8(18)6(16)4(2-14)22-12/h3-20H,1-2H2/t3-,4-,5+,6+,7+,8+,9-,10-,11-,12?/m1/s1. The van der Waals surface area contributed by atoms with Gasteiger partial charge in [-0.2, -0.15) is 0 Å². The molecule has 11 nitrogen and oxygen atoms in total. The van der Waals surface area contributed by atoms with Crippen LogP contribution in [-0.2, 0) is 14.2 Å². The van der Waals surface area contributed by atoms with E-state index in [0.717, 1.165) is 0 Å². The van der Waals surface area contributed by atoms with Gasteiger partial charge in [-0.15, -0.1) is 0 Å². The summed E-state index contributed by atoms with van der Waals surface area (Å²) in [5.41, 5.74) is 0. The highest BCUT2D eigenvalue weighted by Crippen LogP contribution is 2.27. The molecule has 0 aliphatic carbocycles. The van der Waals surface area contributed by atoms with Crippen LogP contribution in [0.15, 0.2) is 0 Å². The zero-order valence-electron chi connectivity index (χ0n) is 12.0. The maximum atomic E-state index is 9.84.